The molecule has 0 saturated heterocycles. The molecule has 0 aliphatic carbocycles. The molecule has 0 spiro atoms. The van der Waals surface area contributed by atoms with Crippen molar-refractivity contribution in [2.24, 2.45) is 0 Å². The molecule has 0 heterocycles. The van der Waals surface area contributed by atoms with Crippen LogP contribution in [0, 0.1) is 0 Å². The molecule has 0 aromatic heterocycles. The minimum atomic E-state index is -0.805. The molecule has 0 aromatic rings. The molecule has 0 fully saturated rings. The summed E-state index contributed by atoms with van der Waals surface area (Å²) in [5.41, 5.74) is 0.480. The summed E-state index contributed by atoms with van der Waals surface area (Å²) in [6.45, 7) is 4.12. The van der Waals surface area contributed by atoms with Crippen LogP contribution in [0.25, 0.3) is 0 Å². The van der Waals surface area contributed by atoms with Gasteiger partial charge in [-0.2, -0.15) is 0 Å². The Labute approximate surface area is 125 Å². The molecule has 0 saturated carbocycles. The van der Waals surface area contributed by atoms with Crippen LogP contribution in [-0.4, -0.2) is 11.1 Å². The van der Waals surface area contributed by atoms with E-state index in [-0.39, 0.29) is 0 Å². The fourth-order valence-corrected chi connectivity index (χ4v) is 2.19. The van der Waals surface area contributed by atoms with Crippen molar-refractivity contribution >= 4 is 5.97 Å². The van der Waals surface area contributed by atoms with E-state index in [1.165, 1.54) is 57.8 Å². The van der Waals surface area contributed by atoms with Gasteiger partial charge in [-0.15, -0.1) is 0 Å². The zero-order valence-electron chi connectivity index (χ0n) is 13.4. The van der Waals surface area contributed by atoms with Crippen LogP contribution in [0.4, 0.5) is 0 Å². The summed E-state index contributed by atoms with van der Waals surface area (Å²) in [7, 11) is 0. The van der Waals surface area contributed by atoms with Crippen LogP contribution in [0.5, 0.6) is 0 Å². The van der Waals surface area contributed by atoms with Gasteiger partial charge in [0.1, 0.15) is 0 Å². The lowest BCUT2D eigenvalue weighted by Crippen LogP contribution is -1.97. The van der Waals surface area contributed by atoms with Gasteiger partial charge in [0.25, 0.3) is 0 Å². The van der Waals surface area contributed by atoms with Crippen LogP contribution in [-0.2, 0) is 4.79 Å². The molecule has 0 amide bonds. The van der Waals surface area contributed by atoms with Crippen molar-refractivity contribution in [2.45, 2.75) is 84.5 Å². The molecule has 20 heavy (non-hydrogen) atoms. The van der Waals surface area contributed by atoms with E-state index in [1.54, 1.807) is 6.08 Å². The summed E-state index contributed by atoms with van der Waals surface area (Å²) in [5.74, 6) is -0.805. The Morgan fingerprint density at radius 3 is 1.95 bits per heavy atom. The third-order valence-corrected chi connectivity index (χ3v) is 3.56. The smallest absolute Gasteiger partial charge is 0.331 e. The predicted molar refractivity (Wildman–Crippen MR) is 87.0 cm³/mol. The lowest BCUT2D eigenvalue weighted by Gasteiger charge is -2.00. The maximum Gasteiger partial charge on any atom is 0.331 e. The zero-order valence-corrected chi connectivity index (χ0v) is 13.4. The predicted octanol–water partition coefficient (Wildman–Crippen LogP) is 5.88. The van der Waals surface area contributed by atoms with Crippen molar-refractivity contribution in [3.05, 3.63) is 23.8 Å². The molecule has 0 radical (unpaired) electrons. The number of aliphatic carboxylic acids is 1. The van der Waals surface area contributed by atoms with E-state index in [9.17, 15) is 4.79 Å². The highest BCUT2D eigenvalue weighted by Crippen LogP contribution is 2.10. The third-order valence-electron chi connectivity index (χ3n) is 3.56. The molecule has 116 valence electrons. The molecular weight excluding hydrogens is 248 g/mol. The second-order valence-electron chi connectivity index (χ2n) is 5.40. The van der Waals surface area contributed by atoms with Crippen molar-refractivity contribution < 1.29 is 9.90 Å². The van der Waals surface area contributed by atoms with Crippen molar-refractivity contribution in [3.8, 4) is 0 Å². The van der Waals surface area contributed by atoms with Gasteiger partial charge >= 0.3 is 5.97 Å². The molecular formula is C18H32O2. The molecule has 2 heteroatoms. The normalized spacial score (nSPS) is 12.2. The first kappa shape index (κ1) is 18.9. The molecule has 0 rings (SSSR count). The first-order valence-electron chi connectivity index (χ1n) is 8.31. The van der Waals surface area contributed by atoms with Crippen molar-refractivity contribution in [2.75, 3.05) is 0 Å². The summed E-state index contributed by atoms with van der Waals surface area (Å²) in [6.07, 6.45) is 19.4. The average molecular weight is 280 g/mol. The second kappa shape index (κ2) is 14.4. The van der Waals surface area contributed by atoms with Crippen LogP contribution in [0.3, 0.4) is 0 Å². The van der Waals surface area contributed by atoms with E-state index >= 15 is 0 Å². The topological polar surface area (TPSA) is 37.3 Å². The van der Waals surface area contributed by atoms with Gasteiger partial charge in [0, 0.05) is 5.57 Å². The number of unbranched alkanes of at least 4 members (excludes halogenated alkanes) is 9. The Morgan fingerprint density at radius 2 is 1.45 bits per heavy atom. The Morgan fingerprint density at radius 1 is 0.900 bits per heavy atom. The second-order valence-corrected chi connectivity index (χ2v) is 5.40. The van der Waals surface area contributed by atoms with Gasteiger partial charge in [-0.3, -0.25) is 0 Å². The number of rotatable bonds is 13. The molecule has 2 nitrogen and oxygen atoms in total. The van der Waals surface area contributed by atoms with Crippen LogP contribution in [0.1, 0.15) is 84.5 Å². The number of carboxylic acid groups (broad SMARTS) is 1. The highest BCUT2D eigenvalue weighted by molar-refractivity contribution is 5.86. The Balaban J connectivity index is 3.41. The molecule has 0 aliphatic rings. The summed E-state index contributed by atoms with van der Waals surface area (Å²) in [6, 6.07) is 0. The zero-order chi connectivity index (χ0) is 15.1. The molecule has 0 aliphatic heterocycles. The standard InChI is InChI=1S/C18H32O2/c1-3-5-6-7-8-9-10-11-12-13-14-15-16-17(4-2)18(19)20/h14-16H,3-13H2,1-2H3,(H,19,20). The maximum absolute atomic E-state index is 10.8. The van der Waals surface area contributed by atoms with Crippen molar-refractivity contribution in [1.82, 2.24) is 0 Å². The third kappa shape index (κ3) is 12.0. The minimum Gasteiger partial charge on any atom is -0.478 e. The largest absolute Gasteiger partial charge is 0.478 e. The van der Waals surface area contributed by atoms with Crippen LogP contribution in [0.2, 0.25) is 0 Å². The quantitative estimate of drug-likeness (QED) is 0.260. The van der Waals surface area contributed by atoms with Gasteiger partial charge in [-0.05, 0) is 19.3 Å². The Kier molecular flexibility index (Phi) is 13.6. The van der Waals surface area contributed by atoms with Gasteiger partial charge in [-0.25, -0.2) is 4.79 Å². The number of hydrogen-bond donors (Lipinski definition) is 1. The van der Waals surface area contributed by atoms with E-state index in [4.69, 9.17) is 5.11 Å². The Hall–Kier alpha value is -1.05. The molecule has 0 bridgehead atoms. The van der Waals surface area contributed by atoms with Crippen LogP contribution >= 0.6 is 0 Å². The lowest BCUT2D eigenvalue weighted by atomic mass is 10.1. The number of allylic oxidation sites excluding steroid dienone is 3. The summed E-state index contributed by atoms with van der Waals surface area (Å²) in [4.78, 5) is 10.8. The first-order valence-corrected chi connectivity index (χ1v) is 8.31. The van der Waals surface area contributed by atoms with E-state index in [1.807, 2.05) is 13.0 Å². The minimum absolute atomic E-state index is 0.480. The summed E-state index contributed by atoms with van der Waals surface area (Å²) >= 11 is 0. The monoisotopic (exact) mass is 280 g/mol. The van der Waals surface area contributed by atoms with Gasteiger partial charge < -0.3 is 5.11 Å². The number of carboxylic acids is 1. The molecule has 0 atom stereocenters. The van der Waals surface area contributed by atoms with Crippen molar-refractivity contribution in [1.29, 1.82) is 0 Å². The van der Waals surface area contributed by atoms with Gasteiger partial charge in [-0.1, -0.05) is 83.4 Å². The molecule has 0 unspecified atom stereocenters. The molecule has 1 N–H and O–H groups in total. The van der Waals surface area contributed by atoms with E-state index in [0.29, 0.717) is 12.0 Å². The lowest BCUT2D eigenvalue weighted by molar-refractivity contribution is -0.132. The highest BCUT2D eigenvalue weighted by Gasteiger charge is 2.00. The Bertz CT molecular complexity index is 290. The van der Waals surface area contributed by atoms with Gasteiger partial charge in [0.2, 0.25) is 0 Å². The molecule has 0 aromatic carbocycles. The highest BCUT2D eigenvalue weighted by atomic mass is 16.4. The van der Waals surface area contributed by atoms with E-state index < -0.39 is 5.97 Å². The van der Waals surface area contributed by atoms with Gasteiger partial charge in [0.15, 0.2) is 0 Å². The van der Waals surface area contributed by atoms with Crippen LogP contribution < -0.4 is 0 Å². The summed E-state index contributed by atoms with van der Waals surface area (Å²) < 4.78 is 0. The average Bonchev–Trinajstić information content (AvgIpc) is 2.43. The van der Waals surface area contributed by atoms with Crippen molar-refractivity contribution in [3.63, 3.8) is 0 Å². The van der Waals surface area contributed by atoms with Gasteiger partial charge in [0.05, 0.1) is 0 Å². The number of hydrogen-bond acceptors (Lipinski definition) is 1. The maximum atomic E-state index is 10.8. The fourth-order valence-electron chi connectivity index (χ4n) is 2.19. The van der Waals surface area contributed by atoms with E-state index in [2.05, 4.69) is 13.0 Å². The van der Waals surface area contributed by atoms with E-state index in [0.717, 1.165) is 6.42 Å². The van der Waals surface area contributed by atoms with Crippen LogP contribution in [0.15, 0.2) is 23.8 Å². The summed E-state index contributed by atoms with van der Waals surface area (Å²) in [5, 5.41) is 8.85. The number of carbonyl (C=O) groups is 1. The first-order chi connectivity index (χ1) is 9.72. The fraction of sp³-hybridized carbons (Fsp3) is 0.722. The SMILES string of the molecule is CCCCCCCCCCCC=CC=C(CC)C(=O)O.